The van der Waals surface area contributed by atoms with Crippen molar-refractivity contribution in [2.45, 2.75) is 27.0 Å². The minimum absolute atomic E-state index is 0.526. The molecule has 0 radical (unpaired) electrons. The van der Waals surface area contributed by atoms with E-state index >= 15 is 0 Å². The Labute approximate surface area is 174 Å². The van der Waals surface area contributed by atoms with Crippen molar-refractivity contribution in [3.63, 3.8) is 0 Å². The molecule has 140 valence electrons. The highest BCUT2D eigenvalue weighted by molar-refractivity contribution is 14.1. The molecule has 0 amide bonds. The minimum atomic E-state index is 0.526. The molecule has 3 aromatic carbocycles. The number of ether oxygens (including phenoxy) is 2. The van der Waals surface area contributed by atoms with Gasteiger partial charge in [0.25, 0.3) is 0 Å². The summed E-state index contributed by atoms with van der Waals surface area (Å²) in [5, 5.41) is 3.44. The van der Waals surface area contributed by atoms with Crippen LogP contribution in [-0.4, -0.2) is 6.61 Å². The Balaban J connectivity index is 1.74. The maximum absolute atomic E-state index is 6.11. The van der Waals surface area contributed by atoms with Crippen molar-refractivity contribution in [3.8, 4) is 11.5 Å². The van der Waals surface area contributed by atoms with Crippen LogP contribution < -0.4 is 14.8 Å². The molecule has 27 heavy (non-hydrogen) atoms. The van der Waals surface area contributed by atoms with E-state index < -0.39 is 0 Å². The van der Waals surface area contributed by atoms with Gasteiger partial charge in [-0.15, -0.1) is 0 Å². The van der Waals surface area contributed by atoms with Crippen molar-refractivity contribution in [2.75, 3.05) is 11.9 Å². The molecular weight excluding hydrogens is 449 g/mol. The van der Waals surface area contributed by atoms with Crippen molar-refractivity contribution in [3.05, 3.63) is 87.0 Å². The maximum Gasteiger partial charge on any atom is 0.174 e. The van der Waals surface area contributed by atoms with Crippen LogP contribution in [0, 0.1) is 10.5 Å². The molecule has 0 atom stereocenters. The first-order valence-electron chi connectivity index (χ1n) is 9.08. The van der Waals surface area contributed by atoms with Crippen molar-refractivity contribution in [1.29, 1.82) is 0 Å². The summed E-state index contributed by atoms with van der Waals surface area (Å²) in [6.07, 6.45) is 0. The van der Waals surface area contributed by atoms with Gasteiger partial charge in [-0.1, -0.05) is 48.0 Å². The van der Waals surface area contributed by atoms with Gasteiger partial charge in [-0.3, -0.25) is 0 Å². The number of hydrogen-bond acceptors (Lipinski definition) is 3. The quantitative estimate of drug-likeness (QED) is 0.396. The fourth-order valence-electron chi connectivity index (χ4n) is 2.73. The van der Waals surface area contributed by atoms with Crippen LogP contribution in [0.3, 0.4) is 0 Å². The van der Waals surface area contributed by atoms with Crippen LogP contribution >= 0.6 is 22.6 Å². The van der Waals surface area contributed by atoms with Crippen molar-refractivity contribution < 1.29 is 9.47 Å². The first kappa shape index (κ1) is 19.5. The SMILES string of the molecule is CCOc1cc(CNc2ccccc2)cc(I)c1OCc1ccc(C)cc1. The monoisotopic (exact) mass is 473 g/mol. The third kappa shape index (κ3) is 5.63. The lowest BCUT2D eigenvalue weighted by Crippen LogP contribution is -2.05. The number of aryl methyl sites for hydroxylation is 1. The van der Waals surface area contributed by atoms with Gasteiger partial charge in [-0.2, -0.15) is 0 Å². The fourth-order valence-corrected chi connectivity index (χ4v) is 3.55. The van der Waals surface area contributed by atoms with E-state index in [1.54, 1.807) is 0 Å². The van der Waals surface area contributed by atoms with Gasteiger partial charge < -0.3 is 14.8 Å². The molecule has 3 aromatic rings. The minimum Gasteiger partial charge on any atom is -0.490 e. The average Bonchev–Trinajstić information content (AvgIpc) is 2.68. The third-order valence-electron chi connectivity index (χ3n) is 4.14. The lowest BCUT2D eigenvalue weighted by Gasteiger charge is -2.16. The van der Waals surface area contributed by atoms with E-state index in [0.29, 0.717) is 13.2 Å². The first-order chi connectivity index (χ1) is 13.2. The summed E-state index contributed by atoms with van der Waals surface area (Å²) in [4.78, 5) is 0. The van der Waals surface area contributed by atoms with Gasteiger partial charge in [0, 0.05) is 12.2 Å². The molecule has 0 unspecified atom stereocenters. The van der Waals surface area contributed by atoms with Crippen LogP contribution in [0.15, 0.2) is 66.7 Å². The lowest BCUT2D eigenvalue weighted by atomic mass is 10.1. The van der Waals surface area contributed by atoms with E-state index in [0.717, 1.165) is 38.4 Å². The van der Waals surface area contributed by atoms with Gasteiger partial charge in [0.15, 0.2) is 11.5 Å². The Morgan fingerprint density at radius 1 is 0.889 bits per heavy atom. The summed E-state index contributed by atoms with van der Waals surface area (Å²) in [6.45, 7) is 5.94. The first-order valence-corrected chi connectivity index (χ1v) is 10.2. The molecule has 0 aliphatic rings. The van der Waals surface area contributed by atoms with Crippen LogP contribution in [0.25, 0.3) is 0 Å². The van der Waals surface area contributed by atoms with E-state index in [2.05, 4.69) is 83.4 Å². The largest absolute Gasteiger partial charge is 0.490 e. The number of anilines is 1. The van der Waals surface area contributed by atoms with Crippen molar-refractivity contribution in [2.24, 2.45) is 0 Å². The molecule has 3 rings (SSSR count). The predicted octanol–water partition coefficient (Wildman–Crippen LogP) is 6.19. The van der Waals surface area contributed by atoms with E-state index in [9.17, 15) is 0 Å². The van der Waals surface area contributed by atoms with Crippen LogP contribution in [0.2, 0.25) is 0 Å². The van der Waals surface area contributed by atoms with Crippen LogP contribution in [-0.2, 0) is 13.2 Å². The zero-order valence-corrected chi connectivity index (χ0v) is 17.8. The molecule has 1 N–H and O–H groups in total. The highest BCUT2D eigenvalue weighted by atomic mass is 127. The smallest absolute Gasteiger partial charge is 0.174 e. The van der Waals surface area contributed by atoms with Gasteiger partial charge in [0.05, 0.1) is 10.2 Å². The number of halogens is 1. The van der Waals surface area contributed by atoms with E-state index in [1.165, 1.54) is 5.56 Å². The molecule has 0 heterocycles. The highest BCUT2D eigenvalue weighted by Gasteiger charge is 2.13. The Bertz CT molecular complexity index is 864. The Morgan fingerprint density at radius 3 is 2.33 bits per heavy atom. The number of rotatable bonds is 8. The summed E-state index contributed by atoms with van der Waals surface area (Å²) in [5.74, 6) is 1.60. The van der Waals surface area contributed by atoms with Gasteiger partial charge >= 0.3 is 0 Å². The second-order valence-corrected chi connectivity index (χ2v) is 7.49. The molecular formula is C23H24INO2. The van der Waals surface area contributed by atoms with Crippen LogP contribution in [0.1, 0.15) is 23.6 Å². The zero-order valence-electron chi connectivity index (χ0n) is 15.7. The Hall–Kier alpha value is -2.21. The molecule has 0 saturated heterocycles. The van der Waals surface area contributed by atoms with Crippen LogP contribution in [0.5, 0.6) is 11.5 Å². The van der Waals surface area contributed by atoms with E-state index in [4.69, 9.17) is 9.47 Å². The standard InChI is InChI=1S/C23H24INO2/c1-3-26-22-14-19(15-25-20-7-5-4-6-8-20)13-21(24)23(22)27-16-18-11-9-17(2)10-12-18/h4-14,25H,3,15-16H2,1-2H3. The second kappa shape index (κ2) is 9.65. The number of para-hydroxylation sites is 1. The second-order valence-electron chi connectivity index (χ2n) is 6.33. The fraction of sp³-hybridized carbons (Fsp3) is 0.217. The normalized spacial score (nSPS) is 10.5. The molecule has 0 spiro atoms. The summed E-state index contributed by atoms with van der Waals surface area (Å²) < 4.78 is 13.0. The van der Waals surface area contributed by atoms with Crippen molar-refractivity contribution in [1.82, 2.24) is 0 Å². The predicted molar refractivity (Wildman–Crippen MR) is 120 cm³/mol. The van der Waals surface area contributed by atoms with Gasteiger partial charge in [0.1, 0.15) is 6.61 Å². The molecule has 0 aliphatic heterocycles. The summed E-state index contributed by atoms with van der Waals surface area (Å²) in [7, 11) is 0. The zero-order chi connectivity index (χ0) is 19.1. The average molecular weight is 473 g/mol. The molecule has 0 aromatic heterocycles. The van der Waals surface area contributed by atoms with E-state index in [-0.39, 0.29) is 0 Å². The van der Waals surface area contributed by atoms with Crippen molar-refractivity contribution >= 4 is 28.3 Å². The Kier molecular flexibility index (Phi) is 6.98. The highest BCUT2D eigenvalue weighted by Crippen LogP contribution is 2.35. The van der Waals surface area contributed by atoms with E-state index in [1.807, 2.05) is 25.1 Å². The van der Waals surface area contributed by atoms with Gasteiger partial charge in [0.2, 0.25) is 0 Å². The molecule has 0 saturated carbocycles. The lowest BCUT2D eigenvalue weighted by molar-refractivity contribution is 0.267. The number of nitrogens with one attached hydrogen (secondary N) is 1. The summed E-state index contributed by atoms with van der Waals surface area (Å²) >= 11 is 2.32. The van der Waals surface area contributed by atoms with Crippen LogP contribution in [0.4, 0.5) is 5.69 Å². The van der Waals surface area contributed by atoms with Gasteiger partial charge in [-0.05, 0) is 71.8 Å². The summed E-state index contributed by atoms with van der Waals surface area (Å²) in [5.41, 5.74) is 4.66. The molecule has 3 nitrogen and oxygen atoms in total. The molecule has 0 fully saturated rings. The number of benzene rings is 3. The third-order valence-corrected chi connectivity index (χ3v) is 4.94. The summed E-state index contributed by atoms with van der Waals surface area (Å²) in [6, 6.07) is 22.8. The topological polar surface area (TPSA) is 30.5 Å². The maximum atomic E-state index is 6.11. The van der Waals surface area contributed by atoms with Gasteiger partial charge in [-0.25, -0.2) is 0 Å². The number of hydrogen-bond donors (Lipinski definition) is 1. The Morgan fingerprint density at radius 2 is 1.63 bits per heavy atom. The molecule has 0 bridgehead atoms. The molecule has 0 aliphatic carbocycles. The molecule has 4 heteroatoms.